The molecule has 0 spiro atoms. The maximum Gasteiger partial charge on any atom is 0.435 e. The minimum atomic E-state index is -0.618. The van der Waals surface area contributed by atoms with Gasteiger partial charge in [-0.2, -0.15) is 3.71 Å². The van der Waals surface area contributed by atoms with Crippen LogP contribution in [0.25, 0.3) is 0 Å². The van der Waals surface area contributed by atoms with Crippen molar-refractivity contribution in [2.45, 2.75) is 26.2 Å². The lowest BCUT2D eigenvalue weighted by atomic mass is 10.1. The van der Waals surface area contributed by atoms with Gasteiger partial charge < -0.3 is 4.74 Å². The average molecular weight is 257 g/mol. The lowest BCUT2D eigenvalue weighted by Crippen LogP contribution is -2.16. The van der Waals surface area contributed by atoms with Crippen LogP contribution in [0.2, 0.25) is 0 Å². The van der Waals surface area contributed by atoms with Crippen molar-refractivity contribution in [2.24, 2.45) is 0 Å². The third-order valence-electron chi connectivity index (χ3n) is 2.11. The molecule has 0 aromatic heterocycles. The second-order valence-corrected chi connectivity index (χ2v) is 4.52. The number of amides is 1. The van der Waals surface area contributed by atoms with Gasteiger partial charge in [0.15, 0.2) is 0 Å². The van der Waals surface area contributed by atoms with Crippen molar-refractivity contribution < 1.29 is 9.53 Å². The summed E-state index contributed by atoms with van der Waals surface area (Å²) < 4.78 is 5.77. The van der Waals surface area contributed by atoms with Crippen LogP contribution < -0.4 is 4.74 Å². The monoisotopic (exact) mass is 257 g/mol. The molecule has 0 fully saturated rings. The van der Waals surface area contributed by atoms with Gasteiger partial charge in [0.25, 0.3) is 0 Å². The Morgan fingerprint density at radius 1 is 1.31 bits per heavy atom. The largest absolute Gasteiger partial charge is 0.435 e. The van der Waals surface area contributed by atoms with E-state index in [2.05, 4.69) is 32.6 Å². The molecule has 0 radical (unpaired) electrons. The maximum absolute atomic E-state index is 11.1. The van der Waals surface area contributed by atoms with Crippen molar-refractivity contribution in [3.63, 3.8) is 0 Å². The van der Waals surface area contributed by atoms with E-state index < -0.39 is 6.09 Å². The van der Waals surface area contributed by atoms with Crippen molar-refractivity contribution in [1.29, 1.82) is 0 Å². The Morgan fingerprint density at radius 3 is 2.44 bits per heavy atom. The van der Waals surface area contributed by atoms with E-state index in [1.54, 1.807) is 12.1 Å². The molecule has 0 aliphatic carbocycles. The zero-order valence-electron chi connectivity index (χ0n) is 9.09. The lowest BCUT2D eigenvalue weighted by molar-refractivity contribution is 0.197. The second kappa shape index (κ2) is 6.70. The number of hydrogen-bond donors (Lipinski definition) is 2. The molecule has 0 heterocycles. The summed E-state index contributed by atoms with van der Waals surface area (Å²) in [7, 11) is 0. The molecule has 16 heavy (non-hydrogen) atoms. The lowest BCUT2D eigenvalue weighted by Gasteiger charge is -2.08. The van der Waals surface area contributed by atoms with E-state index in [0.717, 1.165) is 10.1 Å². The quantitative estimate of drug-likeness (QED) is 0.808. The molecule has 0 aliphatic heterocycles. The molecule has 1 aromatic rings. The minimum Gasteiger partial charge on any atom is -0.409 e. The van der Waals surface area contributed by atoms with Gasteiger partial charge in [0.05, 0.1) is 0 Å². The molecule has 5 heteroatoms. The van der Waals surface area contributed by atoms with Crippen LogP contribution in [0.5, 0.6) is 5.75 Å². The Balaban J connectivity index is 2.54. The van der Waals surface area contributed by atoms with Crippen LogP contribution in [0.3, 0.4) is 0 Å². The maximum atomic E-state index is 11.1. The third kappa shape index (κ3) is 4.37. The van der Waals surface area contributed by atoms with Crippen molar-refractivity contribution >= 4 is 31.7 Å². The summed E-state index contributed by atoms with van der Waals surface area (Å²) in [5, 5.41) is 0. The standard InChI is InChI=1S/C11H15NO2S2/c1-2-3-4-9-5-7-10(8-6-9)14-11(13)12(15)16/h5-8,15-16H,2-4H2,1H3. The number of aryl methyl sites for hydroxylation is 1. The van der Waals surface area contributed by atoms with Crippen LogP contribution >= 0.6 is 25.6 Å². The van der Waals surface area contributed by atoms with E-state index in [-0.39, 0.29) is 0 Å². The van der Waals surface area contributed by atoms with Gasteiger partial charge in [-0.15, -0.1) is 0 Å². The van der Waals surface area contributed by atoms with Gasteiger partial charge in [-0.1, -0.05) is 25.5 Å². The Hall–Kier alpha value is -0.810. The molecular formula is C11H15NO2S2. The van der Waals surface area contributed by atoms with Gasteiger partial charge in [0, 0.05) is 0 Å². The van der Waals surface area contributed by atoms with E-state index in [0.29, 0.717) is 5.75 Å². The number of nitrogens with zero attached hydrogens (tertiary/aromatic N) is 1. The molecule has 3 nitrogen and oxygen atoms in total. The van der Waals surface area contributed by atoms with Crippen molar-refractivity contribution in [2.75, 3.05) is 0 Å². The number of benzene rings is 1. The predicted octanol–water partition coefficient (Wildman–Crippen LogP) is 3.52. The topological polar surface area (TPSA) is 29.5 Å². The Labute approximate surface area is 107 Å². The molecule has 0 saturated carbocycles. The first-order valence-corrected chi connectivity index (χ1v) is 5.92. The molecule has 1 rings (SSSR count). The first-order chi connectivity index (χ1) is 7.63. The molecule has 0 N–H and O–H groups in total. The van der Waals surface area contributed by atoms with E-state index >= 15 is 0 Å². The number of hydrogen-bond acceptors (Lipinski definition) is 4. The molecule has 88 valence electrons. The minimum absolute atomic E-state index is 0.498. The van der Waals surface area contributed by atoms with Crippen molar-refractivity contribution in [1.82, 2.24) is 3.71 Å². The van der Waals surface area contributed by atoms with E-state index in [9.17, 15) is 4.79 Å². The number of rotatable bonds is 4. The smallest absolute Gasteiger partial charge is 0.409 e. The number of carbonyl (C=O) groups excluding carboxylic acids is 1. The van der Waals surface area contributed by atoms with Crippen LogP contribution in [0.15, 0.2) is 24.3 Å². The number of unbranched alkanes of at least 4 members (excludes halogenated alkanes) is 1. The Bertz CT molecular complexity index is 338. The van der Waals surface area contributed by atoms with Gasteiger partial charge in [-0.25, -0.2) is 4.79 Å². The molecule has 0 unspecified atom stereocenters. The van der Waals surface area contributed by atoms with Gasteiger partial charge in [0.1, 0.15) is 5.75 Å². The summed E-state index contributed by atoms with van der Waals surface area (Å²) in [5.41, 5.74) is 1.25. The molecule has 1 amide bonds. The summed E-state index contributed by atoms with van der Waals surface area (Å²) in [5.74, 6) is 0.498. The molecular weight excluding hydrogens is 242 g/mol. The van der Waals surface area contributed by atoms with Crippen LogP contribution in [0.4, 0.5) is 4.79 Å². The zero-order valence-corrected chi connectivity index (χ0v) is 10.9. The highest BCUT2D eigenvalue weighted by Gasteiger charge is 2.07. The van der Waals surface area contributed by atoms with E-state index in [4.69, 9.17) is 4.74 Å². The summed E-state index contributed by atoms with van der Waals surface area (Å²) in [6.07, 6.45) is 2.77. The van der Waals surface area contributed by atoms with Gasteiger partial charge >= 0.3 is 6.09 Å². The zero-order chi connectivity index (χ0) is 12.0. The van der Waals surface area contributed by atoms with Crippen LogP contribution in [0.1, 0.15) is 25.3 Å². The highest BCUT2D eigenvalue weighted by atomic mass is 32.2. The van der Waals surface area contributed by atoms with Gasteiger partial charge in [-0.3, -0.25) is 0 Å². The Morgan fingerprint density at radius 2 is 1.94 bits per heavy atom. The first-order valence-electron chi connectivity index (χ1n) is 5.12. The summed E-state index contributed by atoms with van der Waals surface area (Å²) in [4.78, 5) is 11.1. The first kappa shape index (κ1) is 13.3. The summed E-state index contributed by atoms with van der Waals surface area (Å²) in [6.45, 7) is 2.16. The molecule has 0 saturated heterocycles. The van der Waals surface area contributed by atoms with Crippen LogP contribution in [0, 0.1) is 0 Å². The molecule has 0 bridgehead atoms. The third-order valence-corrected chi connectivity index (χ3v) is 2.44. The molecule has 0 aliphatic rings. The van der Waals surface area contributed by atoms with E-state index in [1.165, 1.54) is 18.4 Å². The SMILES string of the molecule is CCCCc1ccc(OC(=O)N(S)S)cc1. The fraction of sp³-hybridized carbons (Fsp3) is 0.364. The number of thiol groups is 2. The fourth-order valence-electron chi connectivity index (χ4n) is 1.25. The number of ether oxygens (including phenoxy) is 1. The highest BCUT2D eigenvalue weighted by Crippen LogP contribution is 2.15. The van der Waals surface area contributed by atoms with Gasteiger partial charge in [0.2, 0.25) is 0 Å². The van der Waals surface area contributed by atoms with Crippen molar-refractivity contribution in [3.8, 4) is 5.75 Å². The average Bonchev–Trinajstić information content (AvgIpc) is 2.28. The second-order valence-electron chi connectivity index (χ2n) is 3.40. The van der Waals surface area contributed by atoms with Gasteiger partial charge in [-0.05, 0) is 56.2 Å². The molecule has 0 atom stereocenters. The van der Waals surface area contributed by atoms with Crippen LogP contribution in [-0.4, -0.2) is 9.80 Å². The van der Waals surface area contributed by atoms with E-state index in [1.807, 2.05) is 12.1 Å². The summed E-state index contributed by atoms with van der Waals surface area (Å²) >= 11 is 7.43. The normalized spacial score (nSPS) is 9.94. The van der Waals surface area contributed by atoms with Crippen molar-refractivity contribution in [3.05, 3.63) is 29.8 Å². The summed E-state index contributed by atoms with van der Waals surface area (Å²) in [6, 6.07) is 7.46. The van der Waals surface area contributed by atoms with Crippen LogP contribution in [-0.2, 0) is 6.42 Å². The Kier molecular flexibility index (Phi) is 5.55. The predicted molar refractivity (Wildman–Crippen MR) is 70.9 cm³/mol. The number of carbonyl (C=O) groups is 1. The molecule has 1 aromatic carbocycles. The fourth-order valence-corrected chi connectivity index (χ4v) is 1.33. The highest BCUT2D eigenvalue weighted by molar-refractivity contribution is 7.94.